The van der Waals surface area contributed by atoms with Crippen LogP contribution in [0.25, 0.3) is 0 Å². The van der Waals surface area contributed by atoms with Crippen LogP contribution in [0.1, 0.15) is 79.2 Å². The Morgan fingerprint density at radius 2 is 1.97 bits per heavy atom. The number of anilines is 1. The van der Waals surface area contributed by atoms with E-state index in [1.54, 1.807) is 6.07 Å². The zero-order chi connectivity index (χ0) is 28.5. The molecule has 8 heteroatoms. The summed E-state index contributed by atoms with van der Waals surface area (Å²) in [5, 5.41) is 25.1. The quantitative estimate of drug-likeness (QED) is 0.297. The number of rotatable bonds is 5. The van der Waals surface area contributed by atoms with Gasteiger partial charge in [-0.25, -0.2) is 0 Å². The average Bonchev–Trinajstić information content (AvgIpc) is 3.36. The summed E-state index contributed by atoms with van der Waals surface area (Å²) in [6, 6.07) is 5.58. The van der Waals surface area contributed by atoms with Gasteiger partial charge in [-0.3, -0.25) is 9.59 Å². The number of ether oxygens (including phenoxy) is 1. The minimum absolute atomic E-state index is 0.0619. The topological polar surface area (TPSA) is 105 Å². The highest BCUT2D eigenvalue weighted by molar-refractivity contribution is 6.62. The van der Waals surface area contributed by atoms with E-state index < -0.39 is 41.7 Å². The fraction of sp³-hybridized carbons (Fsp3) is 0.677. The first-order valence-corrected chi connectivity index (χ1v) is 14.5. The van der Waals surface area contributed by atoms with Crippen molar-refractivity contribution in [3.05, 3.63) is 36.4 Å². The van der Waals surface area contributed by atoms with Crippen molar-refractivity contribution in [3.8, 4) is 0 Å². The van der Waals surface area contributed by atoms with Gasteiger partial charge >= 0.3 is 13.1 Å². The van der Waals surface area contributed by atoms with Crippen molar-refractivity contribution in [2.75, 3.05) is 11.9 Å². The molecule has 8 atom stereocenters. The first-order chi connectivity index (χ1) is 18.2. The first kappa shape index (κ1) is 28.4. The second-order valence-electron chi connectivity index (χ2n) is 13.7. The maximum Gasteiger partial charge on any atom is 0.492 e. The molecule has 7 nitrogen and oxygen atoms in total. The van der Waals surface area contributed by atoms with E-state index in [0.717, 1.165) is 24.8 Å². The fourth-order valence-electron chi connectivity index (χ4n) is 8.71. The van der Waals surface area contributed by atoms with E-state index in [-0.39, 0.29) is 35.5 Å². The Balaban J connectivity index is 1.42. The summed E-state index contributed by atoms with van der Waals surface area (Å²) in [5.74, 6) is -0.304. The van der Waals surface area contributed by atoms with E-state index in [0.29, 0.717) is 24.0 Å². The number of carbonyl (C=O) groups excluding carboxylic acids is 2. The summed E-state index contributed by atoms with van der Waals surface area (Å²) in [5.41, 5.74) is 0.200. The average molecular weight is 538 g/mol. The third-order valence-corrected chi connectivity index (χ3v) is 11.4. The van der Waals surface area contributed by atoms with Crippen LogP contribution in [-0.2, 0) is 24.6 Å². The SMILES string of the molecule is C=C[C@]1(C)C[C@@H](OC(=O)CNc2ccc3c(c2)B(O)OC3(C)C)[C@@]2(C)[C@@H]3C(=O)CC[C@@]3(CC[C@@H]2C)[C@@H](C)[C@@H]1O. The van der Waals surface area contributed by atoms with Gasteiger partial charge in [0.2, 0.25) is 0 Å². The summed E-state index contributed by atoms with van der Waals surface area (Å²) in [6.07, 6.45) is 4.11. The second kappa shape index (κ2) is 9.46. The lowest BCUT2D eigenvalue weighted by Gasteiger charge is -2.61. The van der Waals surface area contributed by atoms with Crippen molar-refractivity contribution < 1.29 is 29.1 Å². The number of ketones is 1. The molecule has 0 radical (unpaired) electrons. The van der Waals surface area contributed by atoms with Gasteiger partial charge in [-0.2, -0.15) is 0 Å². The number of Topliss-reactive ketones (excluding diaryl/α,β-unsaturated/α-hetero) is 1. The van der Waals surface area contributed by atoms with Gasteiger partial charge in [-0.05, 0) is 79.9 Å². The minimum Gasteiger partial charge on any atom is -0.460 e. The molecule has 1 aromatic rings. The third kappa shape index (κ3) is 4.20. The maximum atomic E-state index is 13.5. The molecule has 3 saturated carbocycles. The lowest BCUT2D eigenvalue weighted by molar-refractivity contribution is -0.205. The van der Waals surface area contributed by atoms with E-state index in [1.807, 2.05) is 39.0 Å². The predicted molar refractivity (Wildman–Crippen MR) is 151 cm³/mol. The molecule has 1 aliphatic heterocycles. The molecular weight excluding hydrogens is 493 g/mol. The van der Waals surface area contributed by atoms with Crippen LogP contribution < -0.4 is 10.8 Å². The molecule has 0 spiro atoms. The molecule has 3 fully saturated rings. The Hall–Kier alpha value is -2.16. The molecule has 2 bridgehead atoms. The molecular formula is C31H44BNO6. The molecule has 5 rings (SSSR count). The number of carbonyl (C=O) groups is 2. The number of aliphatic hydroxyl groups is 1. The van der Waals surface area contributed by atoms with E-state index in [1.165, 1.54) is 0 Å². The summed E-state index contributed by atoms with van der Waals surface area (Å²) < 4.78 is 12.0. The van der Waals surface area contributed by atoms with Gasteiger partial charge < -0.3 is 24.8 Å². The Morgan fingerprint density at radius 1 is 1.26 bits per heavy atom. The molecule has 0 unspecified atom stereocenters. The number of hydrogen-bond acceptors (Lipinski definition) is 7. The Bertz CT molecular complexity index is 1190. The Morgan fingerprint density at radius 3 is 2.67 bits per heavy atom. The number of hydrogen-bond donors (Lipinski definition) is 3. The largest absolute Gasteiger partial charge is 0.492 e. The van der Waals surface area contributed by atoms with Crippen LogP contribution in [0, 0.1) is 34.0 Å². The lowest BCUT2D eigenvalue weighted by Crippen LogP contribution is -2.63. The van der Waals surface area contributed by atoms with E-state index in [2.05, 4.69) is 32.7 Å². The number of nitrogens with one attached hydrogen (secondary N) is 1. The minimum atomic E-state index is -1.01. The molecule has 0 amide bonds. The van der Waals surface area contributed by atoms with Gasteiger partial charge in [0, 0.05) is 28.9 Å². The molecule has 0 aromatic heterocycles. The van der Waals surface area contributed by atoms with Crippen LogP contribution in [-0.4, -0.2) is 47.8 Å². The van der Waals surface area contributed by atoms with Crippen molar-refractivity contribution >= 4 is 30.0 Å². The summed E-state index contributed by atoms with van der Waals surface area (Å²) in [7, 11) is -1.01. The highest BCUT2D eigenvalue weighted by atomic mass is 16.5. The highest BCUT2D eigenvalue weighted by Crippen LogP contribution is 2.68. The molecule has 4 aliphatic rings. The first-order valence-electron chi connectivity index (χ1n) is 14.5. The molecule has 39 heavy (non-hydrogen) atoms. The molecule has 0 saturated heterocycles. The van der Waals surface area contributed by atoms with Crippen LogP contribution in [0.5, 0.6) is 0 Å². The zero-order valence-corrected chi connectivity index (χ0v) is 24.3. The van der Waals surface area contributed by atoms with Crippen LogP contribution in [0.2, 0.25) is 0 Å². The number of fused-ring (bicyclic) bond motifs is 1. The van der Waals surface area contributed by atoms with Crippen LogP contribution in [0.4, 0.5) is 5.69 Å². The number of aliphatic hydroxyl groups excluding tert-OH is 1. The Labute approximate surface area is 232 Å². The van der Waals surface area contributed by atoms with Crippen molar-refractivity contribution in [1.82, 2.24) is 0 Å². The molecule has 3 N–H and O–H groups in total. The van der Waals surface area contributed by atoms with Crippen LogP contribution in [0.15, 0.2) is 30.9 Å². The molecule has 212 valence electrons. The van der Waals surface area contributed by atoms with E-state index in [9.17, 15) is 19.7 Å². The summed E-state index contributed by atoms with van der Waals surface area (Å²) in [4.78, 5) is 26.9. The summed E-state index contributed by atoms with van der Waals surface area (Å²) in [6.45, 7) is 16.3. The van der Waals surface area contributed by atoms with Crippen LogP contribution >= 0.6 is 0 Å². The van der Waals surface area contributed by atoms with E-state index in [4.69, 9.17) is 9.39 Å². The van der Waals surface area contributed by atoms with Crippen molar-refractivity contribution in [1.29, 1.82) is 0 Å². The van der Waals surface area contributed by atoms with Crippen molar-refractivity contribution in [3.63, 3.8) is 0 Å². The fourth-order valence-corrected chi connectivity index (χ4v) is 8.71. The number of benzene rings is 1. The standard InChI is InChI=1S/C31H44BNO6/c1-8-29(6)16-24(30(7)18(2)11-13-31(19(3)27(29)36)14-12-23(34)26(30)31)38-25(35)17-33-20-9-10-21-22(15-20)32(37)39-28(21,4)5/h8-10,15,18-19,24,26-27,33,36-37H,1,11-14,16-17H2,2-7H3/t18-,19-,24+,26-,27-,29+,30-,31-/m0/s1. The highest BCUT2D eigenvalue weighted by Gasteiger charge is 2.68. The zero-order valence-electron chi connectivity index (χ0n) is 24.3. The summed E-state index contributed by atoms with van der Waals surface area (Å²) >= 11 is 0. The van der Waals surface area contributed by atoms with Gasteiger partial charge in [-0.1, -0.05) is 39.8 Å². The maximum absolute atomic E-state index is 13.5. The van der Waals surface area contributed by atoms with Gasteiger partial charge in [0.05, 0.1) is 11.7 Å². The van der Waals surface area contributed by atoms with Crippen molar-refractivity contribution in [2.45, 2.75) is 91.5 Å². The van der Waals surface area contributed by atoms with Gasteiger partial charge in [0.25, 0.3) is 0 Å². The van der Waals surface area contributed by atoms with Gasteiger partial charge in [0.1, 0.15) is 18.4 Å². The van der Waals surface area contributed by atoms with Gasteiger partial charge in [-0.15, -0.1) is 6.58 Å². The van der Waals surface area contributed by atoms with Crippen molar-refractivity contribution in [2.24, 2.45) is 34.0 Å². The number of esters is 1. The smallest absolute Gasteiger partial charge is 0.460 e. The predicted octanol–water partition coefficient (Wildman–Crippen LogP) is 3.96. The monoisotopic (exact) mass is 537 g/mol. The second-order valence-corrected chi connectivity index (χ2v) is 13.7. The van der Waals surface area contributed by atoms with Gasteiger partial charge in [0.15, 0.2) is 0 Å². The molecule has 1 heterocycles. The van der Waals surface area contributed by atoms with E-state index >= 15 is 0 Å². The normalized spacial score (nSPS) is 40.8. The molecule has 3 aliphatic carbocycles. The van der Waals surface area contributed by atoms with Crippen LogP contribution in [0.3, 0.4) is 0 Å². The lowest BCUT2D eigenvalue weighted by atomic mass is 9.44. The Kier molecular flexibility index (Phi) is 6.88. The third-order valence-electron chi connectivity index (χ3n) is 11.4. The molecule has 1 aromatic carbocycles.